The fraction of sp³-hybridized carbons (Fsp3) is 0.231. The second-order valence-electron chi connectivity index (χ2n) is 3.43. The van der Waals surface area contributed by atoms with E-state index < -0.39 is 17.9 Å². The Morgan fingerprint density at radius 1 is 1.35 bits per heavy atom. The van der Waals surface area contributed by atoms with Crippen LogP contribution in [0.5, 0.6) is 0 Å². The number of aliphatic carboxylic acids is 1. The number of carbonyl (C=O) groups excluding carboxylic acids is 1. The van der Waals surface area contributed by atoms with E-state index in [2.05, 4.69) is 17.2 Å². The summed E-state index contributed by atoms with van der Waals surface area (Å²) in [7, 11) is 0. The maximum absolute atomic E-state index is 11.2. The predicted molar refractivity (Wildman–Crippen MR) is 63.2 cm³/mol. The van der Waals surface area contributed by atoms with E-state index in [0.29, 0.717) is 0 Å². The zero-order valence-corrected chi connectivity index (χ0v) is 9.43. The van der Waals surface area contributed by atoms with E-state index in [1.807, 2.05) is 30.3 Å². The summed E-state index contributed by atoms with van der Waals surface area (Å²) in [4.78, 5) is 22.2. The van der Waals surface area contributed by atoms with E-state index in [1.54, 1.807) is 0 Å². The number of hydrogen-bond acceptors (Lipinski definition) is 2. The molecule has 2 N–H and O–H groups in total. The Balaban J connectivity index is 2.70. The molecule has 0 aliphatic rings. The van der Waals surface area contributed by atoms with Crippen molar-refractivity contribution in [1.29, 1.82) is 0 Å². The van der Waals surface area contributed by atoms with Gasteiger partial charge in [0.25, 0.3) is 5.91 Å². The van der Waals surface area contributed by atoms with Crippen LogP contribution in [0.15, 0.2) is 30.3 Å². The molecule has 17 heavy (non-hydrogen) atoms. The molecule has 0 aliphatic carbocycles. The number of carboxylic acid groups (broad SMARTS) is 1. The average molecular weight is 231 g/mol. The molecule has 0 spiro atoms. The van der Waals surface area contributed by atoms with Gasteiger partial charge in [-0.3, -0.25) is 4.79 Å². The Bertz CT molecular complexity index is 457. The first kappa shape index (κ1) is 12.8. The van der Waals surface area contributed by atoms with Crippen LogP contribution < -0.4 is 5.32 Å². The standard InChI is InChI=1S/C13H13NO3/c1-2-6-12(15)14-11(13(16)17)9-10-7-4-3-5-8-10/h3-5,7-8,11H,9H2,1H3,(H,14,15)(H,16,17)/t11-/m1/s1. The Labute approximate surface area is 99.7 Å². The Morgan fingerprint density at radius 2 is 2.00 bits per heavy atom. The number of nitrogens with one attached hydrogen (secondary N) is 1. The van der Waals surface area contributed by atoms with Gasteiger partial charge in [-0.2, -0.15) is 0 Å². The third-order valence-corrected chi connectivity index (χ3v) is 2.12. The zero-order chi connectivity index (χ0) is 12.7. The van der Waals surface area contributed by atoms with E-state index in [4.69, 9.17) is 5.11 Å². The Morgan fingerprint density at radius 3 is 2.53 bits per heavy atom. The first-order valence-corrected chi connectivity index (χ1v) is 5.13. The SMILES string of the molecule is CC#CC(=O)N[C@H](Cc1ccccc1)C(=O)O. The van der Waals surface area contributed by atoms with Gasteiger partial charge >= 0.3 is 5.97 Å². The second-order valence-corrected chi connectivity index (χ2v) is 3.43. The lowest BCUT2D eigenvalue weighted by Crippen LogP contribution is -2.41. The number of carbonyl (C=O) groups is 2. The molecule has 4 heteroatoms. The summed E-state index contributed by atoms with van der Waals surface area (Å²) in [5.41, 5.74) is 0.852. The molecule has 1 amide bonds. The summed E-state index contributed by atoms with van der Waals surface area (Å²) in [5.74, 6) is 3.03. The molecule has 0 aliphatic heterocycles. The van der Waals surface area contributed by atoms with Crippen LogP contribution in [-0.2, 0) is 16.0 Å². The van der Waals surface area contributed by atoms with Crippen LogP contribution in [0, 0.1) is 11.8 Å². The van der Waals surface area contributed by atoms with Crippen molar-refractivity contribution in [2.75, 3.05) is 0 Å². The van der Waals surface area contributed by atoms with Gasteiger partial charge < -0.3 is 10.4 Å². The molecule has 4 nitrogen and oxygen atoms in total. The van der Waals surface area contributed by atoms with Crippen molar-refractivity contribution in [3.8, 4) is 11.8 Å². The van der Waals surface area contributed by atoms with E-state index in [0.717, 1.165) is 5.56 Å². The minimum atomic E-state index is -1.07. The van der Waals surface area contributed by atoms with Gasteiger partial charge in [0.2, 0.25) is 0 Å². The fourth-order valence-electron chi connectivity index (χ4n) is 1.36. The molecule has 1 aromatic rings. The molecule has 0 unspecified atom stereocenters. The van der Waals surface area contributed by atoms with Gasteiger partial charge in [0.05, 0.1) is 0 Å². The topological polar surface area (TPSA) is 66.4 Å². The van der Waals surface area contributed by atoms with Crippen molar-refractivity contribution in [1.82, 2.24) is 5.32 Å². The van der Waals surface area contributed by atoms with E-state index in [9.17, 15) is 9.59 Å². The summed E-state index contributed by atoms with van der Waals surface area (Å²) in [6.45, 7) is 1.52. The first-order valence-electron chi connectivity index (χ1n) is 5.13. The summed E-state index contributed by atoms with van der Waals surface area (Å²) >= 11 is 0. The van der Waals surface area contributed by atoms with Crippen LogP contribution in [0.2, 0.25) is 0 Å². The average Bonchev–Trinajstić information content (AvgIpc) is 2.29. The molecule has 1 atom stereocenters. The molecule has 0 aromatic heterocycles. The number of hydrogen-bond donors (Lipinski definition) is 2. The Kier molecular flexibility index (Phi) is 4.77. The van der Waals surface area contributed by atoms with Crippen molar-refractivity contribution in [3.05, 3.63) is 35.9 Å². The molecular formula is C13H13NO3. The highest BCUT2D eigenvalue weighted by Crippen LogP contribution is 2.03. The van der Waals surface area contributed by atoms with Crippen molar-refractivity contribution in [3.63, 3.8) is 0 Å². The normalized spacial score (nSPS) is 10.9. The van der Waals surface area contributed by atoms with Crippen molar-refractivity contribution >= 4 is 11.9 Å². The van der Waals surface area contributed by atoms with Gasteiger partial charge in [-0.1, -0.05) is 36.3 Å². The molecule has 0 radical (unpaired) electrons. The molecular weight excluding hydrogens is 218 g/mol. The molecule has 0 heterocycles. The van der Waals surface area contributed by atoms with Crippen molar-refractivity contribution < 1.29 is 14.7 Å². The Hall–Kier alpha value is -2.28. The summed E-state index contributed by atoms with van der Waals surface area (Å²) in [6, 6.07) is 8.16. The molecule has 1 rings (SSSR count). The van der Waals surface area contributed by atoms with E-state index >= 15 is 0 Å². The monoisotopic (exact) mass is 231 g/mol. The number of carboxylic acids is 1. The molecule has 0 fully saturated rings. The molecule has 0 bridgehead atoms. The lowest BCUT2D eigenvalue weighted by Gasteiger charge is -2.12. The van der Waals surface area contributed by atoms with Gasteiger partial charge in [-0.25, -0.2) is 4.79 Å². The predicted octanol–water partition coefficient (Wildman–Crippen LogP) is 0.822. The smallest absolute Gasteiger partial charge is 0.326 e. The lowest BCUT2D eigenvalue weighted by atomic mass is 10.1. The number of rotatable bonds is 4. The zero-order valence-electron chi connectivity index (χ0n) is 9.43. The highest BCUT2D eigenvalue weighted by Gasteiger charge is 2.19. The highest BCUT2D eigenvalue weighted by molar-refractivity contribution is 5.96. The summed E-state index contributed by atoms with van der Waals surface area (Å²) in [5, 5.41) is 11.3. The third-order valence-electron chi connectivity index (χ3n) is 2.12. The molecule has 88 valence electrons. The van der Waals surface area contributed by atoms with E-state index in [1.165, 1.54) is 6.92 Å². The number of amides is 1. The fourth-order valence-corrected chi connectivity index (χ4v) is 1.36. The maximum Gasteiger partial charge on any atom is 0.326 e. The van der Waals surface area contributed by atoms with Gasteiger partial charge in [-0.05, 0) is 18.4 Å². The largest absolute Gasteiger partial charge is 0.480 e. The molecule has 0 saturated heterocycles. The van der Waals surface area contributed by atoms with Crippen LogP contribution in [-0.4, -0.2) is 23.0 Å². The van der Waals surface area contributed by atoms with Crippen LogP contribution in [0.4, 0.5) is 0 Å². The van der Waals surface area contributed by atoms with Crippen molar-refractivity contribution in [2.45, 2.75) is 19.4 Å². The van der Waals surface area contributed by atoms with Gasteiger partial charge in [0.15, 0.2) is 0 Å². The van der Waals surface area contributed by atoms with Crippen LogP contribution in [0.3, 0.4) is 0 Å². The highest BCUT2D eigenvalue weighted by atomic mass is 16.4. The second kappa shape index (κ2) is 6.33. The van der Waals surface area contributed by atoms with Gasteiger partial charge in [0, 0.05) is 6.42 Å². The van der Waals surface area contributed by atoms with E-state index in [-0.39, 0.29) is 6.42 Å². The summed E-state index contributed by atoms with van der Waals surface area (Å²) < 4.78 is 0. The quantitative estimate of drug-likeness (QED) is 0.754. The minimum absolute atomic E-state index is 0.243. The third kappa shape index (κ3) is 4.39. The van der Waals surface area contributed by atoms with Gasteiger partial charge in [-0.15, -0.1) is 0 Å². The molecule has 1 aromatic carbocycles. The first-order chi connectivity index (χ1) is 8.13. The minimum Gasteiger partial charge on any atom is -0.480 e. The summed E-state index contributed by atoms with van der Waals surface area (Å²) in [6.07, 6.45) is 0.243. The number of benzene rings is 1. The van der Waals surface area contributed by atoms with Crippen LogP contribution in [0.1, 0.15) is 12.5 Å². The van der Waals surface area contributed by atoms with Crippen LogP contribution in [0.25, 0.3) is 0 Å². The molecule has 0 saturated carbocycles. The van der Waals surface area contributed by atoms with Crippen LogP contribution >= 0.6 is 0 Å². The maximum atomic E-state index is 11.2. The van der Waals surface area contributed by atoms with Crippen molar-refractivity contribution in [2.24, 2.45) is 0 Å². The lowest BCUT2D eigenvalue weighted by molar-refractivity contribution is -0.141. The van der Waals surface area contributed by atoms with Gasteiger partial charge in [0.1, 0.15) is 6.04 Å².